The lowest BCUT2D eigenvalue weighted by molar-refractivity contribution is 0.0692. The Morgan fingerprint density at radius 1 is 1.42 bits per heavy atom. The highest BCUT2D eigenvalue weighted by Crippen LogP contribution is 2.27. The number of carboxylic acids is 1. The van der Waals surface area contributed by atoms with Crippen molar-refractivity contribution >= 4 is 11.7 Å². The smallest absolute Gasteiger partial charge is 0.339 e. The fourth-order valence-corrected chi connectivity index (χ4v) is 1.57. The molecule has 0 aliphatic rings. The van der Waals surface area contributed by atoms with Crippen LogP contribution >= 0.6 is 0 Å². The molecule has 19 heavy (non-hydrogen) atoms. The quantitative estimate of drug-likeness (QED) is 0.824. The molecule has 0 aliphatic carbocycles. The molecule has 0 saturated carbocycles. The third-order valence-electron chi connectivity index (χ3n) is 2.42. The molecule has 2 aromatic rings. The summed E-state index contributed by atoms with van der Waals surface area (Å²) in [5.74, 6) is -1.56. The summed E-state index contributed by atoms with van der Waals surface area (Å²) in [6, 6.07) is 5.70. The van der Waals surface area contributed by atoms with E-state index in [9.17, 15) is 9.18 Å². The zero-order chi connectivity index (χ0) is 13.8. The maximum absolute atomic E-state index is 12.9. The number of carboxylic acid groups (broad SMARTS) is 1. The predicted octanol–water partition coefficient (Wildman–Crippen LogP) is 2.08. The summed E-state index contributed by atoms with van der Waals surface area (Å²) in [7, 11) is 0. The van der Waals surface area contributed by atoms with Crippen molar-refractivity contribution in [3.05, 3.63) is 53.6 Å². The summed E-state index contributed by atoms with van der Waals surface area (Å²) in [6.45, 7) is -0.0146. The lowest BCUT2D eigenvalue weighted by atomic mass is 10.1. The van der Waals surface area contributed by atoms with Crippen LogP contribution in [0, 0.1) is 5.82 Å². The number of para-hydroxylation sites is 1. The van der Waals surface area contributed by atoms with E-state index in [0.717, 1.165) is 6.20 Å². The lowest BCUT2D eigenvalue weighted by Gasteiger charge is -2.11. The predicted molar refractivity (Wildman–Crippen MR) is 66.3 cm³/mol. The lowest BCUT2D eigenvalue weighted by Crippen LogP contribution is -2.06. The molecular formula is C13H11FN2O3. The molecule has 0 spiro atoms. The van der Waals surface area contributed by atoms with Gasteiger partial charge in [0, 0.05) is 11.8 Å². The van der Waals surface area contributed by atoms with Gasteiger partial charge in [-0.1, -0.05) is 6.07 Å². The van der Waals surface area contributed by atoms with Crippen molar-refractivity contribution in [3.63, 3.8) is 0 Å². The molecule has 1 aromatic carbocycles. The van der Waals surface area contributed by atoms with Crippen LogP contribution in [0.3, 0.4) is 0 Å². The maximum atomic E-state index is 12.9. The summed E-state index contributed by atoms with van der Waals surface area (Å²) in [4.78, 5) is 14.7. The molecule has 0 fully saturated rings. The van der Waals surface area contributed by atoms with E-state index in [1.807, 2.05) is 0 Å². The number of anilines is 1. The molecule has 0 unspecified atom stereocenters. The first-order chi connectivity index (χ1) is 9.08. The maximum Gasteiger partial charge on any atom is 0.339 e. The number of nitrogen functional groups attached to an aromatic ring is 1. The van der Waals surface area contributed by atoms with E-state index in [1.54, 1.807) is 0 Å². The summed E-state index contributed by atoms with van der Waals surface area (Å²) in [5, 5.41) is 9.02. The van der Waals surface area contributed by atoms with Crippen molar-refractivity contribution in [1.29, 1.82) is 0 Å². The van der Waals surface area contributed by atoms with E-state index < -0.39 is 11.8 Å². The topological polar surface area (TPSA) is 85.4 Å². The van der Waals surface area contributed by atoms with Gasteiger partial charge in [-0.3, -0.25) is 4.98 Å². The van der Waals surface area contributed by atoms with Crippen LogP contribution < -0.4 is 10.5 Å². The normalized spacial score (nSPS) is 10.2. The SMILES string of the molecule is Nc1cccc(C(=O)O)c1OCc1cncc(F)c1. The largest absolute Gasteiger partial charge is 0.486 e. The Bertz CT molecular complexity index is 617. The third kappa shape index (κ3) is 2.98. The molecule has 0 atom stereocenters. The van der Waals surface area contributed by atoms with Gasteiger partial charge in [0.1, 0.15) is 18.0 Å². The number of aromatic carboxylic acids is 1. The summed E-state index contributed by atoms with van der Waals surface area (Å²) >= 11 is 0. The third-order valence-corrected chi connectivity index (χ3v) is 2.42. The van der Waals surface area contributed by atoms with Crippen molar-refractivity contribution in [2.75, 3.05) is 5.73 Å². The molecule has 2 rings (SSSR count). The fourth-order valence-electron chi connectivity index (χ4n) is 1.57. The van der Waals surface area contributed by atoms with Gasteiger partial charge in [0.15, 0.2) is 5.75 Å². The highest BCUT2D eigenvalue weighted by Gasteiger charge is 2.14. The van der Waals surface area contributed by atoms with Gasteiger partial charge in [-0.15, -0.1) is 0 Å². The van der Waals surface area contributed by atoms with Crippen LogP contribution in [0.4, 0.5) is 10.1 Å². The number of nitrogens with zero attached hydrogens (tertiary/aromatic N) is 1. The Hall–Kier alpha value is -2.63. The van der Waals surface area contributed by atoms with Gasteiger partial charge in [0.25, 0.3) is 0 Å². The van der Waals surface area contributed by atoms with Crippen LogP contribution in [0.15, 0.2) is 36.7 Å². The number of pyridine rings is 1. The fraction of sp³-hybridized carbons (Fsp3) is 0.0769. The first kappa shape index (κ1) is 12.8. The zero-order valence-electron chi connectivity index (χ0n) is 9.84. The van der Waals surface area contributed by atoms with E-state index in [1.165, 1.54) is 30.5 Å². The number of hydrogen-bond acceptors (Lipinski definition) is 4. The minimum atomic E-state index is -1.14. The van der Waals surface area contributed by atoms with Gasteiger partial charge in [-0.05, 0) is 18.2 Å². The average Bonchev–Trinajstić information content (AvgIpc) is 2.37. The molecule has 0 bridgehead atoms. The summed E-state index contributed by atoms with van der Waals surface area (Å²) < 4.78 is 18.3. The van der Waals surface area contributed by atoms with Crippen LogP contribution in [0.2, 0.25) is 0 Å². The van der Waals surface area contributed by atoms with Crippen molar-refractivity contribution < 1.29 is 19.0 Å². The minimum absolute atomic E-state index is 0.0146. The van der Waals surface area contributed by atoms with E-state index in [-0.39, 0.29) is 23.6 Å². The van der Waals surface area contributed by atoms with Crippen molar-refractivity contribution in [2.24, 2.45) is 0 Å². The highest BCUT2D eigenvalue weighted by molar-refractivity contribution is 5.93. The van der Waals surface area contributed by atoms with Gasteiger partial charge in [0.2, 0.25) is 0 Å². The van der Waals surface area contributed by atoms with E-state index >= 15 is 0 Å². The number of aromatic nitrogens is 1. The Kier molecular flexibility index (Phi) is 3.61. The molecule has 98 valence electrons. The zero-order valence-corrected chi connectivity index (χ0v) is 9.84. The molecule has 5 nitrogen and oxygen atoms in total. The number of rotatable bonds is 4. The van der Waals surface area contributed by atoms with Gasteiger partial charge >= 0.3 is 5.97 Å². The molecule has 6 heteroatoms. The Morgan fingerprint density at radius 2 is 2.21 bits per heavy atom. The van der Waals surface area contributed by atoms with Crippen molar-refractivity contribution in [1.82, 2.24) is 4.98 Å². The first-order valence-corrected chi connectivity index (χ1v) is 5.42. The van der Waals surface area contributed by atoms with Crippen molar-refractivity contribution in [3.8, 4) is 5.75 Å². The van der Waals surface area contributed by atoms with Crippen molar-refractivity contribution in [2.45, 2.75) is 6.61 Å². The van der Waals surface area contributed by atoms with Gasteiger partial charge in [-0.2, -0.15) is 0 Å². The van der Waals surface area contributed by atoms with E-state index in [4.69, 9.17) is 15.6 Å². The molecule has 0 radical (unpaired) electrons. The molecule has 1 aromatic heterocycles. The second-order valence-corrected chi connectivity index (χ2v) is 3.83. The molecule has 0 saturated heterocycles. The standard InChI is InChI=1S/C13H11FN2O3/c14-9-4-8(5-16-6-9)7-19-12-10(13(17)18)2-1-3-11(12)15/h1-6H,7,15H2,(H,17,18). The number of hydrogen-bond donors (Lipinski definition) is 2. The van der Waals surface area contributed by atoms with Gasteiger partial charge < -0.3 is 15.6 Å². The first-order valence-electron chi connectivity index (χ1n) is 5.42. The molecule has 0 amide bonds. The second kappa shape index (κ2) is 5.34. The molecular weight excluding hydrogens is 251 g/mol. The second-order valence-electron chi connectivity index (χ2n) is 3.83. The molecule has 1 heterocycles. The van der Waals surface area contributed by atoms with Crippen LogP contribution in [0.25, 0.3) is 0 Å². The molecule has 0 aliphatic heterocycles. The monoisotopic (exact) mass is 262 g/mol. The summed E-state index contributed by atoms with van der Waals surface area (Å²) in [6.07, 6.45) is 2.51. The van der Waals surface area contributed by atoms with Crippen LogP contribution in [-0.2, 0) is 6.61 Å². The van der Waals surface area contributed by atoms with E-state index in [2.05, 4.69) is 4.98 Å². The molecule has 3 N–H and O–H groups in total. The number of nitrogens with two attached hydrogens (primary N) is 1. The minimum Gasteiger partial charge on any atom is -0.486 e. The number of carbonyl (C=O) groups is 1. The van der Waals surface area contributed by atoms with Crippen LogP contribution in [0.5, 0.6) is 5.75 Å². The van der Waals surface area contributed by atoms with E-state index in [0.29, 0.717) is 5.56 Å². The van der Waals surface area contributed by atoms with Crippen LogP contribution in [0.1, 0.15) is 15.9 Å². The Morgan fingerprint density at radius 3 is 2.89 bits per heavy atom. The number of benzene rings is 1. The van der Waals surface area contributed by atoms with Gasteiger partial charge in [-0.25, -0.2) is 9.18 Å². The van der Waals surface area contributed by atoms with Crippen LogP contribution in [-0.4, -0.2) is 16.1 Å². The Balaban J connectivity index is 2.22. The van der Waals surface area contributed by atoms with Gasteiger partial charge in [0.05, 0.1) is 11.9 Å². The highest BCUT2D eigenvalue weighted by atomic mass is 19.1. The average molecular weight is 262 g/mol. The Labute approximate surface area is 108 Å². The number of halogens is 1. The number of ether oxygens (including phenoxy) is 1. The summed E-state index contributed by atoms with van der Waals surface area (Å²) in [5.41, 5.74) is 6.34.